The minimum atomic E-state index is -0.165. The van der Waals surface area contributed by atoms with Crippen LogP contribution in [0.2, 0.25) is 5.02 Å². The number of amides is 2. The fourth-order valence-electron chi connectivity index (χ4n) is 3.37. The zero-order valence-corrected chi connectivity index (χ0v) is 16.4. The van der Waals surface area contributed by atoms with Gasteiger partial charge in [0.15, 0.2) is 11.5 Å². The molecule has 0 unspecified atom stereocenters. The van der Waals surface area contributed by atoms with Gasteiger partial charge >= 0.3 is 0 Å². The van der Waals surface area contributed by atoms with E-state index < -0.39 is 0 Å². The van der Waals surface area contributed by atoms with Crippen LogP contribution in [-0.4, -0.2) is 41.0 Å². The molecule has 0 aliphatic carbocycles. The minimum absolute atomic E-state index is 0.0497. The zero-order chi connectivity index (χ0) is 20.2. The van der Waals surface area contributed by atoms with Crippen LogP contribution < -0.4 is 5.32 Å². The molecule has 29 heavy (non-hydrogen) atoms. The lowest BCUT2D eigenvalue weighted by Gasteiger charge is -2.31. The summed E-state index contributed by atoms with van der Waals surface area (Å²) in [7, 11) is 0. The second-order valence-electron chi connectivity index (χ2n) is 6.99. The highest BCUT2D eigenvalue weighted by Gasteiger charge is 2.26. The first-order chi connectivity index (χ1) is 14.1. The Morgan fingerprint density at radius 2 is 1.72 bits per heavy atom. The second-order valence-corrected chi connectivity index (χ2v) is 7.43. The van der Waals surface area contributed by atoms with Gasteiger partial charge in [-0.05, 0) is 49.2 Å². The maximum absolute atomic E-state index is 12.7. The molecular formula is C22H20ClN3O3. The molecule has 0 bridgehead atoms. The van der Waals surface area contributed by atoms with E-state index >= 15 is 0 Å². The van der Waals surface area contributed by atoms with Crippen LogP contribution in [0.4, 0.5) is 0 Å². The van der Waals surface area contributed by atoms with Gasteiger partial charge in [-0.3, -0.25) is 9.59 Å². The lowest BCUT2D eigenvalue weighted by Crippen LogP contribution is -2.46. The van der Waals surface area contributed by atoms with Crippen molar-refractivity contribution in [3.63, 3.8) is 0 Å². The van der Waals surface area contributed by atoms with Gasteiger partial charge in [-0.15, -0.1) is 0 Å². The molecule has 2 heterocycles. The quantitative estimate of drug-likeness (QED) is 0.705. The van der Waals surface area contributed by atoms with Crippen LogP contribution in [0, 0.1) is 0 Å². The number of aromatic nitrogens is 1. The summed E-state index contributed by atoms with van der Waals surface area (Å²) in [5, 5.41) is 7.60. The van der Waals surface area contributed by atoms with Crippen molar-refractivity contribution in [2.75, 3.05) is 13.1 Å². The highest BCUT2D eigenvalue weighted by molar-refractivity contribution is 6.30. The number of likely N-dealkylation sites (tertiary alicyclic amines) is 1. The maximum atomic E-state index is 12.7. The Morgan fingerprint density at radius 1 is 1.03 bits per heavy atom. The summed E-state index contributed by atoms with van der Waals surface area (Å²) in [6.07, 6.45) is 1.40. The van der Waals surface area contributed by atoms with E-state index in [1.807, 2.05) is 30.3 Å². The lowest BCUT2D eigenvalue weighted by molar-refractivity contribution is 0.0688. The largest absolute Gasteiger partial charge is 0.355 e. The van der Waals surface area contributed by atoms with E-state index in [0.717, 1.165) is 5.56 Å². The van der Waals surface area contributed by atoms with Crippen LogP contribution in [0.25, 0.3) is 11.3 Å². The van der Waals surface area contributed by atoms with Gasteiger partial charge in [0.25, 0.3) is 11.8 Å². The third-order valence-electron chi connectivity index (χ3n) is 5.01. The van der Waals surface area contributed by atoms with Crippen LogP contribution >= 0.6 is 11.6 Å². The van der Waals surface area contributed by atoms with Crippen molar-refractivity contribution in [2.24, 2.45) is 0 Å². The molecule has 148 valence electrons. The van der Waals surface area contributed by atoms with Crippen molar-refractivity contribution in [1.29, 1.82) is 0 Å². The van der Waals surface area contributed by atoms with E-state index in [1.54, 1.807) is 35.2 Å². The van der Waals surface area contributed by atoms with Crippen LogP contribution in [0.1, 0.15) is 33.7 Å². The summed E-state index contributed by atoms with van der Waals surface area (Å²) < 4.78 is 5.33. The number of halogens is 1. The van der Waals surface area contributed by atoms with Crippen LogP contribution in [-0.2, 0) is 0 Å². The summed E-state index contributed by atoms with van der Waals surface area (Å²) in [4.78, 5) is 26.8. The average molecular weight is 410 g/mol. The standard InChI is InChI=1S/C22H20ClN3O3/c23-17-8-6-15(7-9-17)20-14-19(25-29-20)22(28)26-12-10-18(11-13-26)24-21(27)16-4-2-1-3-5-16/h1-9,14,18H,10-13H2,(H,24,27). The van der Waals surface area contributed by atoms with E-state index in [-0.39, 0.29) is 23.6 Å². The number of carbonyl (C=O) groups excluding carboxylic acids is 2. The fraction of sp³-hybridized carbons (Fsp3) is 0.227. The highest BCUT2D eigenvalue weighted by Crippen LogP contribution is 2.23. The lowest BCUT2D eigenvalue weighted by atomic mass is 10.0. The van der Waals surface area contributed by atoms with E-state index in [2.05, 4.69) is 10.5 Å². The van der Waals surface area contributed by atoms with Gasteiger partial charge in [0.1, 0.15) is 0 Å². The molecule has 1 saturated heterocycles. The normalized spacial score (nSPS) is 14.6. The third kappa shape index (κ3) is 4.49. The Kier molecular flexibility index (Phi) is 5.62. The van der Waals surface area contributed by atoms with Crippen molar-refractivity contribution >= 4 is 23.4 Å². The predicted octanol–water partition coefficient (Wildman–Crippen LogP) is 4.03. The third-order valence-corrected chi connectivity index (χ3v) is 5.26. The Hall–Kier alpha value is -3.12. The molecule has 1 fully saturated rings. The van der Waals surface area contributed by atoms with Gasteiger partial charge in [-0.25, -0.2) is 0 Å². The topological polar surface area (TPSA) is 75.4 Å². The molecule has 0 radical (unpaired) electrons. The van der Waals surface area contributed by atoms with Crippen LogP contribution in [0.15, 0.2) is 65.2 Å². The number of hydrogen-bond donors (Lipinski definition) is 1. The van der Waals surface area contributed by atoms with Gasteiger partial charge < -0.3 is 14.7 Å². The molecule has 6 nitrogen and oxygen atoms in total. The second kappa shape index (κ2) is 8.49. The van der Waals surface area contributed by atoms with Gasteiger partial charge in [0.2, 0.25) is 0 Å². The molecular weight excluding hydrogens is 390 g/mol. The Morgan fingerprint density at radius 3 is 2.41 bits per heavy atom. The van der Waals surface area contributed by atoms with Gasteiger partial charge in [-0.2, -0.15) is 0 Å². The number of nitrogens with zero attached hydrogens (tertiary/aromatic N) is 2. The molecule has 0 spiro atoms. The molecule has 0 atom stereocenters. The van der Waals surface area contributed by atoms with E-state index in [1.165, 1.54) is 0 Å². The van der Waals surface area contributed by atoms with Crippen molar-refractivity contribution in [3.05, 3.63) is 76.9 Å². The van der Waals surface area contributed by atoms with Gasteiger partial charge in [0.05, 0.1) is 0 Å². The maximum Gasteiger partial charge on any atom is 0.276 e. The molecule has 1 aliphatic rings. The first-order valence-electron chi connectivity index (χ1n) is 9.48. The van der Waals surface area contributed by atoms with E-state index in [0.29, 0.717) is 42.3 Å². The summed E-state index contributed by atoms with van der Waals surface area (Å²) in [6.45, 7) is 1.11. The zero-order valence-electron chi connectivity index (χ0n) is 15.7. The van der Waals surface area contributed by atoms with Gasteiger partial charge in [0, 0.05) is 41.3 Å². The molecule has 2 amide bonds. The van der Waals surface area contributed by atoms with E-state index in [9.17, 15) is 9.59 Å². The monoisotopic (exact) mass is 409 g/mol. The molecule has 1 aliphatic heterocycles. The first-order valence-corrected chi connectivity index (χ1v) is 9.86. The average Bonchev–Trinajstić information content (AvgIpc) is 3.25. The molecule has 1 N–H and O–H groups in total. The Labute approximate surface area is 173 Å². The van der Waals surface area contributed by atoms with Crippen molar-refractivity contribution in [1.82, 2.24) is 15.4 Å². The van der Waals surface area contributed by atoms with Crippen LogP contribution in [0.3, 0.4) is 0 Å². The first kappa shape index (κ1) is 19.2. The number of benzene rings is 2. The number of piperidine rings is 1. The summed E-state index contributed by atoms with van der Waals surface area (Å²) in [5.41, 5.74) is 1.73. The van der Waals surface area contributed by atoms with Crippen LogP contribution in [0.5, 0.6) is 0 Å². The number of hydrogen-bond acceptors (Lipinski definition) is 4. The van der Waals surface area contributed by atoms with Crippen molar-refractivity contribution in [3.8, 4) is 11.3 Å². The molecule has 7 heteroatoms. The molecule has 3 aromatic rings. The molecule has 2 aromatic carbocycles. The number of nitrogens with one attached hydrogen (secondary N) is 1. The van der Waals surface area contributed by atoms with Gasteiger partial charge in [-0.1, -0.05) is 35.0 Å². The Bertz CT molecular complexity index is 994. The number of carbonyl (C=O) groups is 2. The van der Waals surface area contributed by atoms with Crippen molar-refractivity contribution in [2.45, 2.75) is 18.9 Å². The SMILES string of the molecule is O=C(NC1CCN(C(=O)c2cc(-c3ccc(Cl)cc3)on2)CC1)c1ccccc1. The van der Waals surface area contributed by atoms with Crippen molar-refractivity contribution < 1.29 is 14.1 Å². The smallest absolute Gasteiger partial charge is 0.276 e. The van der Waals surface area contributed by atoms with E-state index in [4.69, 9.17) is 16.1 Å². The highest BCUT2D eigenvalue weighted by atomic mass is 35.5. The molecule has 0 saturated carbocycles. The molecule has 1 aromatic heterocycles. The minimum Gasteiger partial charge on any atom is -0.355 e. The summed E-state index contributed by atoms with van der Waals surface area (Å²) in [5.74, 6) is 0.274. The fourth-order valence-corrected chi connectivity index (χ4v) is 3.50. The summed E-state index contributed by atoms with van der Waals surface area (Å²) in [6, 6.07) is 18.0. The Balaban J connectivity index is 1.33. The number of rotatable bonds is 4. The predicted molar refractivity (Wildman–Crippen MR) is 110 cm³/mol. The summed E-state index contributed by atoms with van der Waals surface area (Å²) >= 11 is 5.90. The molecule has 4 rings (SSSR count).